The van der Waals surface area contributed by atoms with Gasteiger partial charge in [-0.3, -0.25) is 0 Å². The summed E-state index contributed by atoms with van der Waals surface area (Å²) in [6, 6.07) is 13.3. The molecule has 2 aromatic rings. The molecule has 0 N–H and O–H groups in total. The Kier molecular flexibility index (Phi) is 3.24. The SMILES string of the molecule is Bc1ccc([N+]#[C-])nc1C#Cc1ccccc1. The number of aromatic nitrogens is 1. The lowest BCUT2D eigenvalue weighted by molar-refractivity contribution is 1.33. The molecule has 0 aliphatic rings. The molecule has 0 saturated carbocycles. The van der Waals surface area contributed by atoms with Crippen LogP contribution < -0.4 is 5.46 Å². The Morgan fingerprint density at radius 2 is 1.82 bits per heavy atom. The van der Waals surface area contributed by atoms with Gasteiger partial charge < -0.3 is 4.85 Å². The van der Waals surface area contributed by atoms with Gasteiger partial charge in [-0.05, 0) is 29.6 Å². The molecular formula is C14H9BN2. The molecule has 1 aromatic carbocycles. The minimum absolute atomic E-state index is 0.382. The lowest BCUT2D eigenvalue weighted by Crippen LogP contribution is -2.09. The van der Waals surface area contributed by atoms with Crippen molar-refractivity contribution in [1.29, 1.82) is 0 Å². The lowest BCUT2D eigenvalue weighted by atomic mass is 9.94. The molecule has 78 valence electrons. The van der Waals surface area contributed by atoms with Crippen LogP contribution in [-0.2, 0) is 0 Å². The summed E-state index contributed by atoms with van der Waals surface area (Å²) in [5.74, 6) is 6.42. The predicted octanol–water partition coefficient (Wildman–Crippen LogP) is 1.29. The molecule has 0 atom stereocenters. The van der Waals surface area contributed by atoms with E-state index in [1.54, 1.807) is 6.07 Å². The van der Waals surface area contributed by atoms with E-state index in [2.05, 4.69) is 21.7 Å². The van der Waals surface area contributed by atoms with E-state index >= 15 is 0 Å². The molecule has 0 amide bonds. The average Bonchev–Trinajstić information content (AvgIpc) is 2.39. The monoisotopic (exact) mass is 216 g/mol. The van der Waals surface area contributed by atoms with Gasteiger partial charge in [0.1, 0.15) is 7.85 Å². The van der Waals surface area contributed by atoms with Crippen molar-refractivity contribution in [1.82, 2.24) is 4.98 Å². The number of pyridine rings is 1. The number of hydrogen-bond acceptors (Lipinski definition) is 1. The summed E-state index contributed by atoms with van der Waals surface area (Å²) in [5.41, 5.74) is 2.60. The highest BCUT2D eigenvalue weighted by Gasteiger charge is 2.01. The maximum atomic E-state index is 6.92. The van der Waals surface area contributed by atoms with Crippen LogP contribution in [0.4, 0.5) is 5.82 Å². The maximum absolute atomic E-state index is 6.92. The van der Waals surface area contributed by atoms with Crippen LogP contribution in [0, 0.1) is 18.4 Å². The summed E-state index contributed by atoms with van der Waals surface area (Å²) in [6.07, 6.45) is 0. The fraction of sp³-hybridized carbons (Fsp3) is 0. The van der Waals surface area contributed by atoms with Crippen LogP contribution in [0.3, 0.4) is 0 Å². The third-order valence-electron chi connectivity index (χ3n) is 2.30. The summed E-state index contributed by atoms with van der Waals surface area (Å²) in [7, 11) is 1.94. The highest BCUT2D eigenvalue weighted by Crippen LogP contribution is 2.05. The van der Waals surface area contributed by atoms with Crippen molar-refractivity contribution < 1.29 is 0 Å². The van der Waals surface area contributed by atoms with Crippen molar-refractivity contribution in [2.75, 3.05) is 0 Å². The standard InChI is InChI=1S/C14H9BN2/c1-16-14-10-8-12(15)13(17-14)9-7-11-5-3-2-4-6-11/h2-6,8,10H,15H2. The first-order chi connectivity index (χ1) is 8.29. The maximum Gasteiger partial charge on any atom is 0.270 e. The van der Waals surface area contributed by atoms with E-state index in [-0.39, 0.29) is 0 Å². The molecule has 0 radical (unpaired) electrons. The van der Waals surface area contributed by atoms with Gasteiger partial charge in [0, 0.05) is 5.56 Å². The molecule has 0 aliphatic heterocycles. The van der Waals surface area contributed by atoms with E-state index in [9.17, 15) is 0 Å². The first-order valence-corrected chi connectivity index (χ1v) is 5.22. The van der Waals surface area contributed by atoms with Gasteiger partial charge in [-0.2, -0.15) is 0 Å². The molecule has 2 nitrogen and oxygen atoms in total. The van der Waals surface area contributed by atoms with Crippen molar-refractivity contribution in [3.8, 4) is 11.8 Å². The normalized spacial score (nSPS) is 8.88. The molecule has 0 spiro atoms. The zero-order valence-corrected chi connectivity index (χ0v) is 9.44. The highest BCUT2D eigenvalue weighted by molar-refractivity contribution is 6.33. The highest BCUT2D eigenvalue weighted by atomic mass is 14.9. The molecule has 2 rings (SSSR count). The molecular weight excluding hydrogens is 207 g/mol. The Morgan fingerprint density at radius 3 is 2.53 bits per heavy atom. The van der Waals surface area contributed by atoms with Gasteiger partial charge in [0.15, 0.2) is 5.69 Å². The molecule has 3 heteroatoms. The molecule has 0 unspecified atom stereocenters. The van der Waals surface area contributed by atoms with Crippen LogP contribution in [0.25, 0.3) is 4.85 Å². The molecule has 0 bridgehead atoms. The molecule has 17 heavy (non-hydrogen) atoms. The second-order valence-corrected chi connectivity index (χ2v) is 3.56. The number of benzene rings is 1. The zero-order valence-electron chi connectivity index (χ0n) is 9.44. The largest absolute Gasteiger partial charge is 0.361 e. The molecule has 0 fully saturated rings. The van der Waals surface area contributed by atoms with Crippen LogP contribution in [0.5, 0.6) is 0 Å². The van der Waals surface area contributed by atoms with Crippen LogP contribution in [-0.4, -0.2) is 12.8 Å². The summed E-state index contributed by atoms with van der Waals surface area (Å²) < 4.78 is 0. The van der Waals surface area contributed by atoms with E-state index in [1.165, 1.54) is 0 Å². The second-order valence-electron chi connectivity index (χ2n) is 3.56. The van der Waals surface area contributed by atoms with Crippen molar-refractivity contribution in [3.63, 3.8) is 0 Å². The lowest BCUT2D eigenvalue weighted by Gasteiger charge is -1.93. The van der Waals surface area contributed by atoms with Crippen LogP contribution in [0.2, 0.25) is 0 Å². The smallest absolute Gasteiger partial charge is 0.270 e. The minimum atomic E-state index is 0.382. The predicted molar refractivity (Wildman–Crippen MR) is 71.1 cm³/mol. The topological polar surface area (TPSA) is 17.2 Å². The fourth-order valence-corrected chi connectivity index (χ4v) is 1.36. The third-order valence-corrected chi connectivity index (χ3v) is 2.30. The van der Waals surface area contributed by atoms with E-state index < -0.39 is 0 Å². The van der Waals surface area contributed by atoms with E-state index in [1.807, 2.05) is 44.2 Å². The second kappa shape index (κ2) is 5.01. The van der Waals surface area contributed by atoms with Gasteiger partial charge in [-0.1, -0.05) is 36.8 Å². The average molecular weight is 216 g/mol. The Labute approximate surface area is 102 Å². The third kappa shape index (κ3) is 2.74. The van der Waals surface area contributed by atoms with Crippen molar-refractivity contribution in [2.45, 2.75) is 0 Å². The Balaban J connectivity index is 2.37. The van der Waals surface area contributed by atoms with Crippen LogP contribution in [0.1, 0.15) is 11.3 Å². The first-order valence-electron chi connectivity index (χ1n) is 5.22. The summed E-state index contributed by atoms with van der Waals surface area (Å²) in [4.78, 5) is 7.48. The van der Waals surface area contributed by atoms with Crippen LogP contribution >= 0.6 is 0 Å². The zero-order chi connectivity index (χ0) is 12.1. The molecule has 0 saturated heterocycles. The van der Waals surface area contributed by atoms with Gasteiger partial charge in [0.05, 0.1) is 0 Å². The Hall–Kier alpha value is -2.52. The van der Waals surface area contributed by atoms with Gasteiger partial charge in [0.25, 0.3) is 5.82 Å². The van der Waals surface area contributed by atoms with Crippen molar-refractivity contribution >= 4 is 19.1 Å². The number of rotatable bonds is 0. The Morgan fingerprint density at radius 1 is 1.06 bits per heavy atom. The fourth-order valence-electron chi connectivity index (χ4n) is 1.36. The van der Waals surface area contributed by atoms with Gasteiger partial charge in [-0.15, -0.1) is 4.98 Å². The van der Waals surface area contributed by atoms with Crippen molar-refractivity contribution in [3.05, 3.63) is 65.1 Å². The number of hydrogen-bond donors (Lipinski definition) is 0. The molecule has 1 heterocycles. The van der Waals surface area contributed by atoms with E-state index in [4.69, 9.17) is 6.57 Å². The molecule has 1 aromatic heterocycles. The van der Waals surface area contributed by atoms with E-state index in [0.29, 0.717) is 11.5 Å². The summed E-state index contributed by atoms with van der Waals surface area (Å²) in [5, 5.41) is 0. The Bertz CT molecular complexity index is 631. The van der Waals surface area contributed by atoms with Crippen molar-refractivity contribution in [2.24, 2.45) is 0 Å². The number of nitrogens with zero attached hydrogens (tertiary/aromatic N) is 2. The molecule has 0 aliphatic carbocycles. The van der Waals surface area contributed by atoms with Gasteiger partial charge in [-0.25, -0.2) is 0 Å². The summed E-state index contributed by atoms with van der Waals surface area (Å²) in [6.45, 7) is 6.92. The summed E-state index contributed by atoms with van der Waals surface area (Å²) >= 11 is 0. The first kappa shape index (κ1) is 11.0. The van der Waals surface area contributed by atoms with Gasteiger partial charge in [0.2, 0.25) is 0 Å². The quantitative estimate of drug-likeness (QED) is 0.368. The minimum Gasteiger partial charge on any atom is -0.361 e. The van der Waals surface area contributed by atoms with Crippen LogP contribution in [0.15, 0.2) is 42.5 Å². The van der Waals surface area contributed by atoms with Gasteiger partial charge >= 0.3 is 0 Å². The van der Waals surface area contributed by atoms with E-state index in [0.717, 1.165) is 11.0 Å².